The number of aliphatic imine (C=N–C) groups is 2. The molecule has 174 valence electrons. The number of rotatable bonds is 5. The number of hydroxylamine groups is 1. The Balaban J connectivity index is 1.29. The highest BCUT2D eigenvalue weighted by molar-refractivity contribution is 5.93. The number of nitrogen functional groups attached to an aromatic ring is 1. The van der Waals surface area contributed by atoms with Crippen LogP contribution in [0.15, 0.2) is 52.6 Å². The van der Waals surface area contributed by atoms with Crippen molar-refractivity contribution >= 4 is 28.9 Å². The van der Waals surface area contributed by atoms with E-state index in [9.17, 15) is 10.2 Å². The molecule has 2 unspecified atom stereocenters. The third kappa shape index (κ3) is 3.78. The minimum absolute atomic E-state index is 0.0290. The molecule has 5 N–H and O–H groups in total. The summed E-state index contributed by atoms with van der Waals surface area (Å²) in [6.07, 6.45) is 1.94. The third-order valence-electron chi connectivity index (χ3n) is 6.24. The van der Waals surface area contributed by atoms with Crippen molar-refractivity contribution in [2.45, 2.75) is 37.1 Å². The van der Waals surface area contributed by atoms with Crippen LogP contribution < -0.4 is 16.0 Å². The van der Waals surface area contributed by atoms with E-state index >= 15 is 0 Å². The van der Waals surface area contributed by atoms with Crippen LogP contribution in [0, 0.1) is 5.92 Å². The van der Waals surface area contributed by atoms with Gasteiger partial charge in [0.15, 0.2) is 6.23 Å². The Morgan fingerprint density at radius 1 is 1.30 bits per heavy atom. The lowest BCUT2D eigenvalue weighted by atomic mass is 9.94. The van der Waals surface area contributed by atoms with Crippen molar-refractivity contribution in [3.8, 4) is 5.75 Å². The van der Waals surface area contributed by atoms with E-state index in [-0.39, 0.29) is 18.7 Å². The van der Waals surface area contributed by atoms with Gasteiger partial charge in [0.25, 0.3) is 0 Å². The number of fused-ring (bicyclic) bond motifs is 2. The van der Waals surface area contributed by atoms with Crippen LogP contribution >= 0.6 is 0 Å². The zero-order valence-electron chi connectivity index (χ0n) is 18.2. The molecule has 4 heterocycles. The van der Waals surface area contributed by atoms with Crippen molar-refractivity contribution in [1.29, 1.82) is 0 Å². The highest BCUT2D eigenvalue weighted by atomic mass is 16.6. The van der Waals surface area contributed by atoms with Gasteiger partial charge in [0, 0.05) is 17.7 Å². The quantitative estimate of drug-likeness (QED) is 0.471. The first-order valence-electron chi connectivity index (χ1n) is 10.6. The van der Waals surface area contributed by atoms with Crippen molar-refractivity contribution in [3.05, 3.63) is 42.6 Å². The van der Waals surface area contributed by atoms with E-state index in [1.165, 1.54) is 20.4 Å². The summed E-state index contributed by atoms with van der Waals surface area (Å²) in [4.78, 5) is 19.7. The molecule has 1 aromatic carbocycles. The molecule has 5 rings (SSSR count). The van der Waals surface area contributed by atoms with E-state index < -0.39 is 24.0 Å². The molecule has 1 saturated heterocycles. The molecule has 0 bridgehead atoms. The molecule has 1 aromatic heterocycles. The molecule has 11 heteroatoms. The first-order chi connectivity index (χ1) is 15.9. The Morgan fingerprint density at radius 2 is 2.12 bits per heavy atom. The summed E-state index contributed by atoms with van der Waals surface area (Å²) in [5.41, 5.74) is 7.69. The number of anilines is 1. The Hall–Kier alpha value is -3.25. The summed E-state index contributed by atoms with van der Waals surface area (Å²) in [5, 5.41) is 22.9. The van der Waals surface area contributed by atoms with E-state index in [1.807, 2.05) is 24.3 Å². The molecule has 3 aliphatic heterocycles. The summed E-state index contributed by atoms with van der Waals surface area (Å²) in [7, 11) is 1.51. The fraction of sp³-hybridized carbons (Fsp3) is 0.409. The maximum absolute atomic E-state index is 11.0. The van der Waals surface area contributed by atoms with Gasteiger partial charge in [-0.25, -0.2) is 15.0 Å². The number of nitrogens with one attached hydrogen (secondary N) is 1. The normalized spacial score (nSPS) is 32.8. The number of aromatic nitrogens is 1. The molecule has 0 radical (unpaired) electrons. The minimum Gasteiger partial charge on any atom is -0.491 e. The summed E-state index contributed by atoms with van der Waals surface area (Å²) >= 11 is 0. The van der Waals surface area contributed by atoms with Gasteiger partial charge >= 0.3 is 0 Å². The monoisotopic (exact) mass is 454 g/mol. The summed E-state index contributed by atoms with van der Waals surface area (Å²) in [6, 6.07) is 9.09. The molecule has 0 aliphatic carbocycles. The minimum atomic E-state index is -1.55. The summed E-state index contributed by atoms with van der Waals surface area (Å²) < 4.78 is 12.0. The summed E-state index contributed by atoms with van der Waals surface area (Å²) in [5.74, 6) is 1.39. The molecule has 6 atom stereocenters. The van der Waals surface area contributed by atoms with Crippen LogP contribution in [0.2, 0.25) is 0 Å². The van der Waals surface area contributed by atoms with Crippen molar-refractivity contribution in [2.24, 2.45) is 15.9 Å². The number of aliphatic hydroxyl groups is 2. The number of hydrogen-bond acceptors (Lipinski definition) is 11. The van der Waals surface area contributed by atoms with Gasteiger partial charge in [-0.15, -0.1) is 0 Å². The highest BCUT2D eigenvalue weighted by Gasteiger charge is 2.56. The zero-order valence-corrected chi connectivity index (χ0v) is 18.2. The van der Waals surface area contributed by atoms with Gasteiger partial charge in [0.2, 0.25) is 0 Å². The number of hydrogen-bond donors (Lipinski definition) is 4. The zero-order chi connectivity index (χ0) is 23.2. The predicted molar refractivity (Wildman–Crippen MR) is 121 cm³/mol. The Bertz CT molecular complexity index is 1140. The lowest BCUT2D eigenvalue weighted by Crippen LogP contribution is -2.52. The number of nitrogens with two attached hydrogens (primary N) is 1. The SMILES string of the molecule is CONC1=NC=NC2C1C=CN2[C@@H]1O[C@H](COc2ccc3ccc(N)nc3c2)[C@@](C)(O)[C@H]1O. The van der Waals surface area contributed by atoms with Crippen LogP contribution in [-0.4, -0.2) is 76.2 Å². The van der Waals surface area contributed by atoms with Gasteiger partial charge in [-0.1, -0.05) is 6.08 Å². The average Bonchev–Trinajstić information content (AvgIpc) is 3.32. The molecule has 0 saturated carbocycles. The Morgan fingerprint density at radius 3 is 2.94 bits per heavy atom. The van der Waals surface area contributed by atoms with Crippen molar-refractivity contribution in [3.63, 3.8) is 0 Å². The van der Waals surface area contributed by atoms with E-state index in [4.69, 9.17) is 20.0 Å². The average molecular weight is 454 g/mol. The molecule has 33 heavy (non-hydrogen) atoms. The molecule has 0 amide bonds. The molecular weight excluding hydrogens is 428 g/mol. The number of pyridine rings is 1. The smallest absolute Gasteiger partial charge is 0.161 e. The van der Waals surface area contributed by atoms with Crippen LogP contribution in [0.25, 0.3) is 10.9 Å². The van der Waals surface area contributed by atoms with E-state index in [2.05, 4.69) is 20.4 Å². The lowest BCUT2D eigenvalue weighted by molar-refractivity contribution is -0.0890. The number of amidine groups is 1. The van der Waals surface area contributed by atoms with E-state index in [0.29, 0.717) is 22.9 Å². The second-order valence-electron chi connectivity index (χ2n) is 8.40. The number of nitrogens with zero attached hydrogens (tertiary/aromatic N) is 4. The standard InChI is InChI=1S/C22H26N6O5/c1-22(30)16(10-32-13-5-3-12-4-6-17(23)26-15(12)9-13)33-21(18(22)29)28-8-7-14-19(27-31-2)24-11-25-20(14)28/h3-9,11,14,16,18,20-21,29-30H,10H2,1-2H3,(H2,23,26)(H,24,25,27)/t14?,16-,18+,20?,21-,22-/m1/s1. The molecule has 0 spiro atoms. The number of aliphatic hydroxyl groups excluding tert-OH is 1. The van der Waals surface area contributed by atoms with E-state index in [0.717, 1.165) is 5.39 Å². The van der Waals surface area contributed by atoms with Gasteiger partial charge in [-0.05, 0) is 31.2 Å². The first-order valence-corrected chi connectivity index (χ1v) is 10.6. The largest absolute Gasteiger partial charge is 0.491 e. The molecule has 2 aromatic rings. The molecular formula is C22H26N6O5. The van der Waals surface area contributed by atoms with Crippen LogP contribution in [0.4, 0.5) is 5.82 Å². The third-order valence-corrected chi connectivity index (χ3v) is 6.24. The van der Waals surface area contributed by atoms with Gasteiger partial charge in [0.05, 0.1) is 18.5 Å². The van der Waals surface area contributed by atoms with E-state index in [1.54, 1.807) is 23.2 Å². The second kappa shape index (κ2) is 8.27. The Kier molecular flexibility index (Phi) is 5.41. The molecule has 1 fully saturated rings. The van der Waals surface area contributed by atoms with Crippen molar-refractivity contribution in [1.82, 2.24) is 15.4 Å². The Labute approximate surface area is 190 Å². The van der Waals surface area contributed by atoms with Gasteiger partial charge < -0.3 is 30.3 Å². The fourth-order valence-electron chi connectivity index (χ4n) is 4.33. The maximum Gasteiger partial charge on any atom is 0.161 e. The van der Waals surface area contributed by atoms with Gasteiger partial charge in [0.1, 0.15) is 54.3 Å². The topological polar surface area (TPSA) is 147 Å². The van der Waals surface area contributed by atoms with Gasteiger partial charge in [-0.2, -0.15) is 0 Å². The number of benzene rings is 1. The lowest BCUT2D eigenvalue weighted by Gasteiger charge is -2.34. The fourth-order valence-corrected chi connectivity index (χ4v) is 4.33. The highest BCUT2D eigenvalue weighted by Crippen LogP contribution is 2.38. The summed E-state index contributed by atoms with van der Waals surface area (Å²) in [6.45, 7) is 1.57. The molecule has 3 aliphatic rings. The van der Waals surface area contributed by atoms with Gasteiger partial charge in [-0.3, -0.25) is 10.3 Å². The van der Waals surface area contributed by atoms with Crippen molar-refractivity contribution in [2.75, 3.05) is 19.5 Å². The van der Waals surface area contributed by atoms with Crippen LogP contribution in [-0.2, 0) is 9.57 Å². The van der Waals surface area contributed by atoms with Crippen molar-refractivity contribution < 1.29 is 24.5 Å². The maximum atomic E-state index is 11.0. The second-order valence-corrected chi connectivity index (χ2v) is 8.40. The van der Waals surface area contributed by atoms with Crippen LogP contribution in [0.3, 0.4) is 0 Å². The van der Waals surface area contributed by atoms with Crippen LogP contribution in [0.1, 0.15) is 6.92 Å². The van der Waals surface area contributed by atoms with Crippen LogP contribution in [0.5, 0.6) is 5.75 Å². The predicted octanol–water partition coefficient (Wildman–Crippen LogP) is 0.396. The molecule has 11 nitrogen and oxygen atoms in total. The first kappa shape index (κ1) is 21.6. The number of ether oxygens (including phenoxy) is 2.